The fourth-order valence-corrected chi connectivity index (χ4v) is 1.92. The summed E-state index contributed by atoms with van der Waals surface area (Å²) in [5, 5.41) is 4.13. The average Bonchev–Trinajstić information content (AvgIpc) is 2.82. The Morgan fingerprint density at radius 3 is 2.48 bits per heavy atom. The number of para-hydroxylation sites is 1. The lowest BCUT2D eigenvalue weighted by atomic mass is 10.2. The molecule has 104 valence electrons. The predicted octanol–water partition coefficient (Wildman–Crippen LogP) is 1.46. The number of hydrogen-bond donors (Lipinski definition) is 2. The smallest absolute Gasteiger partial charge is 0.284 e. The SMILES string of the molecule is O=C1NN(c2ccccc2)C(=O)C1=CNc1ccncc1. The van der Waals surface area contributed by atoms with Crippen LogP contribution in [0.15, 0.2) is 66.6 Å². The minimum atomic E-state index is -0.439. The Morgan fingerprint density at radius 1 is 1.05 bits per heavy atom. The molecule has 1 aromatic heterocycles. The van der Waals surface area contributed by atoms with Gasteiger partial charge in [0.15, 0.2) is 0 Å². The van der Waals surface area contributed by atoms with Crippen LogP contribution in [0.4, 0.5) is 11.4 Å². The maximum absolute atomic E-state index is 12.3. The average molecular weight is 280 g/mol. The van der Waals surface area contributed by atoms with Gasteiger partial charge in [0.25, 0.3) is 11.8 Å². The molecule has 1 aromatic carbocycles. The summed E-state index contributed by atoms with van der Waals surface area (Å²) in [5.41, 5.74) is 3.94. The number of hydrazine groups is 1. The van der Waals surface area contributed by atoms with Crippen LogP contribution in [0.2, 0.25) is 0 Å². The Hall–Kier alpha value is -3.15. The molecule has 0 unspecified atom stereocenters. The van der Waals surface area contributed by atoms with Gasteiger partial charge in [-0.15, -0.1) is 0 Å². The summed E-state index contributed by atoms with van der Waals surface area (Å²) in [6.45, 7) is 0. The van der Waals surface area contributed by atoms with Gasteiger partial charge < -0.3 is 5.32 Å². The van der Waals surface area contributed by atoms with Crippen molar-refractivity contribution in [3.8, 4) is 0 Å². The van der Waals surface area contributed by atoms with Gasteiger partial charge in [-0.2, -0.15) is 0 Å². The van der Waals surface area contributed by atoms with Crippen molar-refractivity contribution in [2.45, 2.75) is 0 Å². The second-order valence-electron chi connectivity index (χ2n) is 4.36. The summed E-state index contributed by atoms with van der Waals surface area (Å²) in [6.07, 6.45) is 4.64. The third kappa shape index (κ3) is 2.59. The van der Waals surface area contributed by atoms with E-state index in [9.17, 15) is 9.59 Å². The second-order valence-corrected chi connectivity index (χ2v) is 4.36. The van der Waals surface area contributed by atoms with Crippen LogP contribution in [0.3, 0.4) is 0 Å². The van der Waals surface area contributed by atoms with Gasteiger partial charge in [-0.05, 0) is 24.3 Å². The van der Waals surface area contributed by atoms with E-state index in [1.807, 2.05) is 6.07 Å². The number of amides is 2. The minimum Gasteiger partial charge on any atom is -0.361 e. The molecule has 6 heteroatoms. The number of aromatic nitrogens is 1. The van der Waals surface area contributed by atoms with Crippen molar-refractivity contribution in [1.29, 1.82) is 0 Å². The van der Waals surface area contributed by atoms with Crippen molar-refractivity contribution < 1.29 is 9.59 Å². The molecule has 1 aliphatic heterocycles. The zero-order valence-corrected chi connectivity index (χ0v) is 11.0. The lowest BCUT2D eigenvalue weighted by Crippen LogP contribution is -2.35. The molecule has 3 rings (SSSR count). The van der Waals surface area contributed by atoms with Gasteiger partial charge in [0, 0.05) is 24.3 Å². The molecule has 1 aliphatic rings. The maximum atomic E-state index is 12.3. The van der Waals surface area contributed by atoms with Crippen molar-refractivity contribution >= 4 is 23.2 Å². The van der Waals surface area contributed by atoms with Gasteiger partial charge in [0.05, 0.1) is 5.69 Å². The molecule has 2 N–H and O–H groups in total. The Morgan fingerprint density at radius 2 is 1.76 bits per heavy atom. The van der Waals surface area contributed by atoms with Crippen LogP contribution < -0.4 is 15.8 Å². The van der Waals surface area contributed by atoms with Crippen LogP contribution in [0.1, 0.15) is 0 Å². The number of rotatable bonds is 3. The van der Waals surface area contributed by atoms with Gasteiger partial charge >= 0.3 is 0 Å². The first kappa shape index (κ1) is 12.9. The van der Waals surface area contributed by atoms with E-state index >= 15 is 0 Å². The van der Waals surface area contributed by atoms with E-state index in [-0.39, 0.29) is 5.57 Å². The van der Waals surface area contributed by atoms with Crippen LogP contribution >= 0.6 is 0 Å². The molecule has 2 heterocycles. The van der Waals surface area contributed by atoms with Crippen LogP contribution in [0.25, 0.3) is 0 Å². The highest BCUT2D eigenvalue weighted by molar-refractivity contribution is 6.29. The van der Waals surface area contributed by atoms with Gasteiger partial charge in [-0.25, -0.2) is 5.01 Å². The molecule has 21 heavy (non-hydrogen) atoms. The highest BCUT2D eigenvalue weighted by atomic mass is 16.2. The van der Waals surface area contributed by atoms with E-state index in [0.717, 1.165) is 5.69 Å². The molecule has 1 fully saturated rings. The Bertz CT molecular complexity index is 698. The van der Waals surface area contributed by atoms with E-state index < -0.39 is 11.8 Å². The molecule has 0 saturated carbocycles. The first-order valence-electron chi connectivity index (χ1n) is 6.33. The van der Waals surface area contributed by atoms with Crippen molar-refractivity contribution in [3.63, 3.8) is 0 Å². The molecule has 0 spiro atoms. The third-order valence-electron chi connectivity index (χ3n) is 2.97. The summed E-state index contributed by atoms with van der Waals surface area (Å²) >= 11 is 0. The van der Waals surface area contributed by atoms with Crippen LogP contribution in [-0.4, -0.2) is 16.8 Å². The van der Waals surface area contributed by atoms with Crippen molar-refractivity contribution in [1.82, 2.24) is 10.4 Å². The van der Waals surface area contributed by atoms with Crippen molar-refractivity contribution in [2.75, 3.05) is 10.3 Å². The first-order chi connectivity index (χ1) is 10.3. The topological polar surface area (TPSA) is 74.3 Å². The molecular formula is C15H12N4O2. The molecule has 2 amide bonds. The minimum absolute atomic E-state index is 0.0515. The zero-order valence-electron chi connectivity index (χ0n) is 11.0. The highest BCUT2D eigenvalue weighted by Crippen LogP contribution is 2.19. The van der Waals surface area contributed by atoms with Crippen LogP contribution in [-0.2, 0) is 9.59 Å². The molecule has 0 bridgehead atoms. The quantitative estimate of drug-likeness (QED) is 0.659. The summed E-state index contributed by atoms with van der Waals surface area (Å²) in [4.78, 5) is 28.0. The van der Waals surface area contributed by atoms with E-state index in [4.69, 9.17) is 0 Å². The number of hydrogen-bond acceptors (Lipinski definition) is 4. The number of nitrogens with one attached hydrogen (secondary N) is 2. The van der Waals surface area contributed by atoms with Crippen molar-refractivity contribution in [3.05, 3.63) is 66.6 Å². The monoisotopic (exact) mass is 280 g/mol. The van der Waals surface area contributed by atoms with Gasteiger partial charge in [0.1, 0.15) is 5.57 Å². The molecule has 1 saturated heterocycles. The number of pyridine rings is 1. The molecule has 0 aliphatic carbocycles. The fraction of sp³-hybridized carbons (Fsp3) is 0. The Balaban J connectivity index is 1.81. The number of carbonyl (C=O) groups is 2. The van der Waals surface area contributed by atoms with Gasteiger partial charge in [-0.1, -0.05) is 18.2 Å². The summed E-state index contributed by atoms with van der Waals surface area (Å²) < 4.78 is 0. The fourth-order valence-electron chi connectivity index (χ4n) is 1.92. The van der Waals surface area contributed by atoms with Crippen molar-refractivity contribution in [2.24, 2.45) is 0 Å². The largest absolute Gasteiger partial charge is 0.361 e. The number of nitrogens with zero attached hydrogens (tertiary/aromatic N) is 2. The maximum Gasteiger partial charge on any atom is 0.284 e. The number of carbonyl (C=O) groups excluding carboxylic acids is 2. The Labute approximate surface area is 121 Å². The number of anilines is 2. The summed E-state index contributed by atoms with van der Waals surface area (Å²) in [7, 11) is 0. The molecule has 0 atom stereocenters. The lowest BCUT2D eigenvalue weighted by molar-refractivity contribution is -0.117. The summed E-state index contributed by atoms with van der Waals surface area (Å²) in [6, 6.07) is 12.4. The van der Waals surface area contributed by atoms with Crippen LogP contribution in [0.5, 0.6) is 0 Å². The molecule has 0 radical (unpaired) electrons. The lowest BCUT2D eigenvalue weighted by Gasteiger charge is -2.13. The van der Waals surface area contributed by atoms with E-state index in [1.54, 1.807) is 48.8 Å². The first-order valence-corrected chi connectivity index (χ1v) is 6.33. The van der Waals surface area contributed by atoms with E-state index in [0.29, 0.717) is 5.69 Å². The van der Waals surface area contributed by atoms with Gasteiger partial charge in [0.2, 0.25) is 0 Å². The molecule has 6 nitrogen and oxygen atoms in total. The third-order valence-corrected chi connectivity index (χ3v) is 2.97. The Kier molecular flexibility index (Phi) is 3.34. The van der Waals surface area contributed by atoms with E-state index in [1.165, 1.54) is 11.2 Å². The summed E-state index contributed by atoms with van der Waals surface area (Å²) in [5.74, 6) is -0.835. The molecule has 2 aromatic rings. The normalized spacial score (nSPS) is 16.2. The standard InChI is InChI=1S/C15H12N4O2/c20-14-13(10-17-11-6-8-16-9-7-11)15(21)19(18-14)12-4-2-1-3-5-12/h1-10H,(H,16,17)(H,18,20). The predicted molar refractivity (Wildman–Crippen MR) is 78.0 cm³/mol. The second kappa shape index (κ2) is 5.46. The number of benzene rings is 1. The van der Waals surface area contributed by atoms with Gasteiger partial charge in [-0.3, -0.25) is 20.0 Å². The zero-order chi connectivity index (χ0) is 14.7. The molecular weight excluding hydrogens is 268 g/mol. The highest BCUT2D eigenvalue weighted by Gasteiger charge is 2.34. The van der Waals surface area contributed by atoms with E-state index in [2.05, 4.69) is 15.7 Å². The van der Waals surface area contributed by atoms with Crippen LogP contribution in [0, 0.1) is 0 Å².